The van der Waals surface area contributed by atoms with Crippen LogP contribution in [-0.2, 0) is 9.47 Å². The van der Waals surface area contributed by atoms with Gasteiger partial charge in [0, 0.05) is 30.1 Å². The number of rotatable bonds is 6. The van der Waals surface area contributed by atoms with Crippen molar-refractivity contribution in [2.45, 2.75) is 64.5 Å². The lowest BCUT2D eigenvalue weighted by Crippen LogP contribution is -2.41. The largest absolute Gasteiger partial charge is 0.443 e. The Morgan fingerprint density at radius 3 is 2.31 bits per heavy atom. The SMILES string of the molecule is CC(C)(C)OC1(F)CC(CC(C)(C)OC(N)=O)=C([N+](=O)[O-])C=C1c1ccccc1. The lowest BCUT2D eigenvalue weighted by atomic mass is 9.82. The number of alkyl halides is 1. The molecule has 0 saturated heterocycles. The molecule has 29 heavy (non-hydrogen) atoms. The minimum Gasteiger partial charge on any atom is -0.443 e. The highest BCUT2D eigenvalue weighted by Gasteiger charge is 2.47. The second-order valence-corrected chi connectivity index (χ2v) is 8.65. The third kappa shape index (κ3) is 5.87. The second-order valence-electron chi connectivity index (χ2n) is 8.65. The van der Waals surface area contributed by atoms with Gasteiger partial charge in [0.15, 0.2) is 0 Å². The van der Waals surface area contributed by atoms with E-state index in [-0.39, 0.29) is 29.7 Å². The number of carbonyl (C=O) groups excluding carboxylic acids is 1. The van der Waals surface area contributed by atoms with Gasteiger partial charge in [-0.2, -0.15) is 0 Å². The molecule has 0 bridgehead atoms. The van der Waals surface area contributed by atoms with Crippen LogP contribution < -0.4 is 5.73 Å². The number of ether oxygens (including phenoxy) is 2. The van der Waals surface area contributed by atoms with Crippen molar-refractivity contribution in [2.24, 2.45) is 5.73 Å². The summed E-state index contributed by atoms with van der Waals surface area (Å²) in [4.78, 5) is 22.4. The van der Waals surface area contributed by atoms with Crippen LogP contribution in [0.3, 0.4) is 0 Å². The van der Waals surface area contributed by atoms with Gasteiger partial charge in [0.1, 0.15) is 5.60 Å². The van der Waals surface area contributed by atoms with Crippen molar-refractivity contribution in [1.82, 2.24) is 0 Å². The average molecular weight is 406 g/mol. The van der Waals surface area contributed by atoms with Gasteiger partial charge < -0.3 is 15.2 Å². The summed E-state index contributed by atoms with van der Waals surface area (Å²) in [5, 5.41) is 11.8. The maximum Gasteiger partial charge on any atom is 0.405 e. The molecular formula is C21H27FN2O5. The summed E-state index contributed by atoms with van der Waals surface area (Å²) in [6.07, 6.45) is -0.232. The van der Waals surface area contributed by atoms with Crippen LogP contribution in [-0.4, -0.2) is 28.1 Å². The van der Waals surface area contributed by atoms with Crippen LogP contribution in [0.4, 0.5) is 9.18 Å². The molecule has 1 aromatic rings. The van der Waals surface area contributed by atoms with Crippen molar-refractivity contribution in [1.29, 1.82) is 0 Å². The molecule has 0 saturated carbocycles. The van der Waals surface area contributed by atoms with E-state index < -0.39 is 28.1 Å². The van der Waals surface area contributed by atoms with Crippen LogP contribution in [0.1, 0.15) is 53.0 Å². The van der Waals surface area contributed by atoms with Crippen molar-refractivity contribution < 1.29 is 23.6 Å². The first-order valence-electron chi connectivity index (χ1n) is 9.24. The maximum absolute atomic E-state index is 16.3. The molecule has 1 aromatic carbocycles. The van der Waals surface area contributed by atoms with Gasteiger partial charge in [0.2, 0.25) is 5.85 Å². The van der Waals surface area contributed by atoms with Gasteiger partial charge in [-0.15, -0.1) is 0 Å². The molecule has 0 aliphatic heterocycles. The standard InChI is InChI=1S/C21H27FN2O5/c1-19(2,3)29-21(22)13-15(12-20(4,5)28-18(23)25)17(24(26)27)11-16(21)14-9-7-6-8-10-14/h6-11H,12-13H2,1-5H3,(H2,23,25). The summed E-state index contributed by atoms with van der Waals surface area (Å²) in [5.41, 5.74) is 3.60. The zero-order chi connectivity index (χ0) is 22.0. The quantitative estimate of drug-likeness (QED) is 0.542. The minimum atomic E-state index is -2.29. The van der Waals surface area contributed by atoms with Gasteiger partial charge in [-0.05, 0) is 40.2 Å². The molecule has 8 heteroatoms. The molecule has 1 aliphatic carbocycles. The predicted molar refractivity (Wildman–Crippen MR) is 107 cm³/mol. The lowest BCUT2D eigenvalue weighted by molar-refractivity contribution is -0.421. The van der Waals surface area contributed by atoms with E-state index in [0.717, 1.165) is 0 Å². The molecule has 7 nitrogen and oxygen atoms in total. The second kappa shape index (κ2) is 7.94. The molecule has 2 N–H and O–H groups in total. The van der Waals surface area contributed by atoms with E-state index in [1.54, 1.807) is 65.0 Å². The van der Waals surface area contributed by atoms with Crippen LogP contribution >= 0.6 is 0 Å². The third-order valence-electron chi connectivity index (χ3n) is 4.25. The summed E-state index contributed by atoms with van der Waals surface area (Å²) in [6.45, 7) is 8.25. The first-order chi connectivity index (χ1) is 13.2. The summed E-state index contributed by atoms with van der Waals surface area (Å²) in [7, 11) is 0. The lowest BCUT2D eigenvalue weighted by Gasteiger charge is -2.38. The topological polar surface area (TPSA) is 105 Å². The van der Waals surface area contributed by atoms with E-state index in [2.05, 4.69) is 0 Å². The number of halogens is 1. The van der Waals surface area contributed by atoms with Gasteiger partial charge in [-0.1, -0.05) is 30.3 Å². The molecule has 0 spiro atoms. The van der Waals surface area contributed by atoms with Gasteiger partial charge in [0.25, 0.3) is 5.70 Å². The molecule has 0 radical (unpaired) electrons. The molecule has 0 fully saturated rings. The van der Waals surface area contributed by atoms with E-state index >= 15 is 4.39 Å². The third-order valence-corrected chi connectivity index (χ3v) is 4.25. The van der Waals surface area contributed by atoms with Crippen molar-refractivity contribution in [3.05, 3.63) is 63.4 Å². The Bertz CT molecular complexity index is 856. The summed E-state index contributed by atoms with van der Waals surface area (Å²) >= 11 is 0. The fourth-order valence-electron chi connectivity index (χ4n) is 3.46. The van der Waals surface area contributed by atoms with Crippen molar-refractivity contribution >= 4 is 11.7 Å². The van der Waals surface area contributed by atoms with E-state index in [4.69, 9.17) is 15.2 Å². The Kier molecular flexibility index (Phi) is 6.18. The van der Waals surface area contributed by atoms with Gasteiger partial charge in [0.05, 0.1) is 10.5 Å². The van der Waals surface area contributed by atoms with E-state index in [1.165, 1.54) is 6.08 Å². The van der Waals surface area contributed by atoms with E-state index in [0.29, 0.717) is 5.56 Å². The first-order valence-corrected chi connectivity index (χ1v) is 9.24. The Hall–Kier alpha value is -2.74. The highest BCUT2D eigenvalue weighted by molar-refractivity contribution is 5.75. The average Bonchev–Trinajstić information content (AvgIpc) is 2.51. The van der Waals surface area contributed by atoms with Gasteiger partial charge in [-0.25, -0.2) is 9.18 Å². The number of hydrogen-bond donors (Lipinski definition) is 1. The molecule has 2 rings (SSSR count). The van der Waals surface area contributed by atoms with Gasteiger partial charge in [-0.3, -0.25) is 10.1 Å². The molecule has 158 valence electrons. The molecule has 1 atom stereocenters. The number of benzene rings is 1. The summed E-state index contributed by atoms with van der Waals surface area (Å²) in [5.74, 6) is -2.29. The monoisotopic (exact) mass is 406 g/mol. The number of amides is 1. The normalized spacial score (nSPS) is 20.3. The Morgan fingerprint density at radius 2 is 1.83 bits per heavy atom. The smallest absolute Gasteiger partial charge is 0.405 e. The molecule has 0 aromatic heterocycles. The zero-order valence-electron chi connectivity index (χ0n) is 17.3. The number of nitrogens with zero attached hydrogens (tertiary/aromatic N) is 1. The van der Waals surface area contributed by atoms with Crippen molar-refractivity contribution in [3.8, 4) is 0 Å². The summed E-state index contributed by atoms with van der Waals surface area (Å²) < 4.78 is 27.1. The highest BCUT2D eigenvalue weighted by atomic mass is 19.2. The first kappa shape index (κ1) is 22.5. The number of allylic oxidation sites excluding steroid dienone is 1. The number of hydrogen-bond acceptors (Lipinski definition) is 5. The Morgan fingerprint density at radius 1 is 1.24 bits per heavy atom. The molecule has 1 unspecified atom stereocenters. The minimum absolute atomic E-state index is 0.0655. The summed E-state index contributed by atoms with van der Waals surface area (Å²) in [6, 6.07) is 8.58. The Labute approximate surface area is 169 Å². The molecule has 0 heterocycles. The van der Waals surface area contributed by atoms with Crippen LogP contribution in [0.2, 0.25) is 0 Å². The zero-order valence-corrected chi connectivity index (χ0v) is 17.3. The van der Waals surface area contributed by atoms with E-state index in [1.807, 2.05) is 0 Å². The number of nitrogens with two attached hydrogens (primary N) is 1. The molecule has 1 amide bonds. The number of carbonyl (C=O) groups is 1. The predicted octanol–water partition coefficient (Wildman–Crippen LogP) is 4.75. The fourth-order valence-corrected chi connectivity index (χ4v) is 3.46. The number of nitro groups is 1. The Balaban J connectivity index is 2.61. The van der Waals surface area contributed by atoms with E-state index in [9.17, 15) is 14.9 Å². The molecular weight excluding hydrogens is 379 g/mol. The van der Waals surface area contributed by atoms with Crippen molar-refractivity contribution in [2.75, 3.05) is 0 Å². The van der Waals surface area contributed by atoms with Crippen LogP contribution in [0.15, 0.2) is 47.7 Å². The van der Waals surface area contributed by atoms with Crippen LogP contribution in [0.5, 0.6) is 0 Å². The van der Waals surface area contributed by atoms with Crippen molar-refractivity contribution in [3.63, 3.8) is 0 Å². The van der Waals surface area contributed by atoms with Crippen LogP contribution in [0, 0.1) is 10.1 Å². The van der Waals surface area contributed by atoms with Crippen LogP contribution in [0.25, 0.3) is 5.57 Å². The number of primary amides is 1. The molecule has 1 aliphatic rings. The highest BCUT2D eigenvalue weighted by Crippen LogP contribution is 2.46. The fraction of sp³-hybridized carbons (Fsp3) is 0.476. The maximum atomic E-state index is 16.3. The van der Waals surface area contributed by atoms with Gasteiger partial charge >= 0.3 is 6.09 Å².